The zero-order valence-corrected chi connectivity index (χ0v) is 12.5. The minimum Gasteiger partial charge on any atom is -0.497 e. The van der Waals surface area contributed by atoms with E-state index in [0.717, 1.165) is 30.5 Å². The third kappa shape index (κ3) is 2.26. The number of carbonyl (C=O) groups excluding carboxylic acids is 1. The van der Waals surface area contributed by atoms with Crippen LogP contribution in [0.3, 0.4) is 0 Å². The molecule has 1 aliphatic rings. The highest BCUT2D eigenvalue weighted by Gasteiger charge is 2.28. The van der Waals surface area contributed by atoms with Gasteiger partial charge >= 0.3 is 0 Å². The lowest BCUT2D eigenvalue weighted by atomic mass is 10.2. The molecule has 0 aliphatic heterocycles. The van der Waals surface area contributed by atoms with Crippen LogP contribution in [0.25, 0.3) is 0 Å². The van der Waals surface area contributed by atoms with Crippen LogP contribution in [-0.2, 0) is 19.9 Å². The second-order valence-electron chi connectivity index (χ2n) is 5.17. The molecule has 0 bridgehead atoms. The number of nitrogens with zero attached hydrogens (tertiary/aromatic N) is 4. The molecule has 3 rings (SSSR count). The first-order valence-electron chi connectivity index (χ1n) is 6.94. The van der Waals surface area contributed by atoms with Gasteiger partial charge in [-0.05, 0) is 25.3 Å². The van der Waals surface area contributed by atoms with Gasteiger partial charge in [0.05, 0.1) is 12.8 Å². The Morgan fingerprint density at radius 2 is 2.24 bits per heavy atom. The lowest BCUT2D eigenvalue weighted by Gasteiger charge is -2.17. The molecule has 1 amide bonds. The van der Waals surface area contributed by atoms with Gasteiger partial charge in [-0.15, -0.1) is 0 Å². The summed E-state index contributed by atoms with van der Waals surface area (Å²) in [5, 5.41) is 4.45. The quantitative estimate of drug-likeness (QED) is 0.859. The molecule has 21 heavy (non-hydrogen) atoms. The Hall–Kier alpha value is -2.37. The van der Waals surface area contributed by atoms with Gasteiger partial charge in [0.15, 0.2) is 0 Å². The maximum atomic E-state index is 12.8. The molecule has 0 fully saturated rings. The average Bonchev–Trinajstić information content (AvgIpc) is 3.05. The fourth-order valence-electron chi connectivity index (χ4n) is 2.76. The van der Waals surface area contributed by atoms with Crippen LogP contribution < -0.4 is 9.64 Å². The van der Waals surface area contributed by atoms with Crippen LogP contribution in [0.2, 0.25) is 0 Å². The summed E-state index contributed by atoms with van der Waals surface area (Å²) in [7, 11) is 5.13. The van der Waals surface area contributed by atoms with Crippen molar-refractivity contribution in [2.75, 3.05) is 19.1 Å². The van der Waals surface area contributed by atoms with Crippen molar-refractivity contribution in [1.29, 1.82) is 0 Å². The van der Waals surface area contributed by atoms with Crippen LogP contribution >= 0.6 is 0 Å². The van der Waals surface area contributed by atoms with E-state index in [1.165, 1.54) is 4.90 Å². The molecule has 0 spiro atoms. The van der Waals surface area contributed by atoms with Gasteiger partial charge in [-0.3, -0.25) is 14.4 Å². The molecular formula is C15H18N4O2. The Balaban J connectivity index is 1.94. The molecule has 0 aromatic carbocycles. The molecule has 1 aliphatic carbocycles. The van der Waals surface area contributed by atoms with Gasteiger partial charge in [-0.1, -0.05) is 0 Å². The molecule has 6 heteroatoms. The molecule has 0 saturated carbocycles. The average molecular weight is 286 g/mol. The van der Waals surface area contributed by atoms with Crippen LogP contribution in [-0.4, -0.2) is 34.8 Å². The number of pyridine rings is 1. The summed E-state index contributed by atoms with van der Waals surface area (Å²) in [6, 6.07) is 3.50. The number of aromatic nitrogens is 3. The monoisotopic (exact) mass is 286 g/mol. The number of amides is 1. The number of fused-ring (bicyclic) bond motifs is 1. The summed E-state index contributed by atoms with van der Waals surface area (Å²) < 4.78 is 6.86. The number of hydrogen-bond acceptors (Lipinski definition) is 4. The number of ether oxygens (including phenoxy) is 1. The van der Waals surface area contributed by atoms with E-state index in [0.29, 0.717) is 17.3 Å². The van der Waals surface area contributed by atoms with E-state index in [-0.39, 0.29) is 5.91 Å². The third-order valence-electron chi connectivity index (χ3n) is 3.87. The fraction of sp³-hybridized carbons (Fsp3) is 0.400. The maximum absolute atomic E-state index is 12.8. The van der Waals surface area contributed by atoms with E-state index >= 15 is 0 Å². The largest absolute Gasteiger partial charge is 0.497 e. The lowest BCUT2D eigenvalue weighted by Crippen LogP contribution is -2.29. The Morgan fingerprint density at radius 1 is 1.43 bits per heavy atom. The number of anilines is 1. The van der Waals surface area contributed by atoms with Crippen molar-refractivity contribution >= 4 is 11.7 Å². The first-order chi connectivity index (χ1) is 10.1. The van der Waals surface area contributed by atoms with Gasteiger partial charge in [0.2, 0.25) is 0 Å². The normalized spacial score (nSPS) is 13.1. The molecule has 2 aromatic rings. The van der Waals surface area contributed by atoms with Gasteiger partial charge < -0.3 is 4.74 Å². The van der Waals surface area contributed by atoms with Crippen molar-refractivity contribution in [2.24, 2.45) is 7.05 Å². The first kappa shape index (κ1) is 13.6. The summed E-state index contributed by atoms with van der Waals surface area (Å²) >= 11 is 0. The van der Waals surface area contributed by atoms with Crippen molar-refractivity contribution < 1.29 is 9.53 Å². The molecule has 2 heterocycles. The Morgan fingerprint density at radius 3 is 3.00 bits per heavy atom. The summed E-state index contributed by atoms with van der Waals surface area (Å²) in [4.78, 5) is 18.5. The van der Waals surface area contributed by atoms with E-state index < -0.39 is 0 Å². The summed E-state index contributed by atoms with van der Waals surface area (Å²) in [5.74, 6) is 1.15. The topological polar surface area (TPSA) is 60.2 Å². The molecule has 0 radical (unpaired) electrons. The van der Waals surface area contributed by atoms with E-state index in [4.69, 9.17) is 4.74 Å². The number of hydrogen-bond donors (Lipinski definition) is 0. The minimum absolute atomic E-state index is 0.0890. The van der Waals surface area contributed by atoms with Gasteiger partial charge in [0.25, 0.3) is 5.91 Å². The maximum Gasteiger partial charge on any atom is 0.277 e. The van der Waals surface area contributed by atoms with Crippen molar-refractivity contribution in [3.8, 4) is 5.75 Å². The lowest BCUT2D eigenvalue weighted by molar-refractivity contribution is 0.0982. The van der Waals surface area contributed by atoms with Crippen LogP contribution in [0.1, 0.15) is 28.2 Å². The molecule has 0 atom stereocenters. The molecule has 110 valence electrons. The predicted octanol–water partition coefficient (Wildman–Crippen LogP) is 1.59. The molecule has 0 saturated heterocycles. The number of rotatable bonds is 3. The highest BCUT2D eigenvalue weighted by molar-refractivity contribution is 6.05. The van der Waals surface area contributed by atoms with Crippen molar-refractivity contribution in [2.45, 2.75) is 19.3 Å². The van der Waals surface area contributed by atoms with Crippen LogP contribution in [0.4, 0.5) is 5.82 Å². The summed E-state index contributed by atoms with van der Waals surface area (Å²) in [6.07, 6.45) is 4.58. The zero-order chi connectivity index (χ0) is 15.0. The van der Waals surface area contributed by atoms with Gasteiger partial charge in [-0.2, -0.15) is 5.10 Å². The second kappa shape index (κ2) is 5.20. The molecule has 6 nitrogen and oxygen atoms in total. The van der Waals surface area contributed by atoms with Crippen molar-refractivity contribution in [3.63, 3.8) is 0 Å². The fourth-order valence-corrected chi connectivity index (χ4v) is 2.76. The number of carbonyl (C=O) groups is 1. The predicted molar refractivity (Wildman–Crippen MR) is 78.8 cm³/mol. The van der Waals surface area contributed by atoms with Crippen LogP contribution in [0, 0.1) is 0 Å². The van der Waals surface area contributed by atoms with Gasteiger partial charge in [-0.25, -0.2) is 4.98 Å². The summed E-state index contributed by atoms with van der Waals surface area (Å²) in [6.45, 7) is 0. The molecule has 0 unspecified atom stereocenters. The minimum atomic E-state index is -0.0890. The number of aryl methyl sites for hydroxylation is 2. The highest BCUT2D eigenvalue weighted by atomic mass is 16.5. The number of methoxy groups -OCH3 is 1. The zero-order valence-electron chi connectivity index (χ0n) is 12.5. The molecule has 2 aromatic heterocycles. The smallest absolute Gasteiger partial charge is 0.277 e. The Labute approximate surface area is 123 Å². The third-order valence-corrected chi connectivity index (χ3v) is 3.87. The first-order valence-corrected chi connectivity index (χ1v) is 6.94. The summed E-state index contributed by atoms with van der Waals surface area (Å²) in [5.41, 5.74) is 2.79. The van der Waals surface area contributed by atoms with Crippen LogP contribution in [0.5, 0.6) is 5.75 Å². The van der Waals surface area contributed by atoms with Crippen molar-refractivity contribution in [3.05, 3.63) is 35.3 Å². The highest BCUT2D eigenvalue weighted by Crippen LogP contribution is 2.26. The van der Waals surface area contributed by atoms with Crippen molar-refractivity contribution in [1.82, 2.24) is 14.8 Å². The van der Waals surface area contributed by atoms with Gasteiger partial charge in [0, 0.05) is 31.9 Å². The second-order valence-corrected chi connectivity index (χ2v) is 5.17. The standard InChI is InChI=1S/C15H18N4O2/c1-18(13-9-10(21-3)7-8-16-13)15(20)14-11-5-4-6-12(11)17-19(14)2/h7-9H,4-6H2,1-3H3. The van der Waals surface area contributed by atoms with E-state index in [2.05, 4.69) is 10.1 Å². The molecular weight excluding hydrogens is 268 g/mol. The van der Waals surface area contributed by atoms with E-state index in [1.807, 2.05) is 7.05 Å². The molecule has 0 N–H and O–H groups in total. The van der Waals surface area contributed by atoms with Gasteiger partial charge in [0.1, 0.15) is 17.3 Å². The Bertz CT molecular complexity index is 693. The SMILES string of the molecule is COc1ccnc(N(C)C(=O)c2c3c(nn2C)CCC3)c1. The van der Waals surface area contributed by atoms with E-state index in [9.17, 15) is 4.79 Å². The Kier molecular flexibility index (Phi) is 3.37. The van der Waals surface area contributed by atoms with E-state index in [1.54, 1.807) is 37.2 Å². The van der Waals surface area contributed by atoms with Crippen LogP contribution in [0.15, 0.2) is 18.3 Å².